The summed E-state index contributed by atoms with van der Waals surface area (Å²) in [6.45, 7) is 12.8. The fraction of sp³-hybridized carbons (Fsp3) is 0.412. The van der Waals surface area contributed by atoms with Crippen molar-refractivity contribution in [3.8, 4) is 0 Å². The molecule has 2 atom stereocenters. The third-order valence-electron chi connectivity index (χ3n) is 9.60. The summed E-state index contributed by atoms with van der Waals surface area (Å²) >= 11 is 0. The monoisotopic (exact) mass is 550 g/mol. The molecule has 0 aromatic carbocycles. The van der Waals surface area contributed by atoms with Gasteiger partial charge in [0.25, 0.3) is 0 Å². The number of carboxylic acid groups (broad SMARTS) is 1. The highest BCUT2D eigenvalue weighted by Crippen LogP contribution is 2.47. The number of hydrogen-bond donors (Lipinski definition) is 3. The first-order chi connectivity index (χ1) is 19.7. The number of allylic oxidation sites excluding steroid dienone is 7. The van der Waals surface area contributed by atoms with Crippen molar-refractivity contribution in [1.29, 1.82) is 0 Å². The summed E-state index contributed by atoms with van der Waals surface area (Å²) in [5.74, 6) is -0.972. The zero-order chi connectivity index (χ0) is 29.2. The second-order valence-corrected chi connectivity index (χ2v) is 11.7. The lowest BCUT2D eigenvalue weighted by Crippen LogP contribution is -2.22. The first kappa shape index (κ1) is 27.2. The number of carbonyl (C=O) groups is 1. The third kappa shape index (κ3) is 4.16. The molecule has 7 nitrogen and oxygen atoms in total. The average molecular weight is 551 g/mol. The van der Waals surface area contributed by atoms with Crippen LogP contribution in [0.2, 0.25) is 0 Å². The van der Waals surface area contributed by atoms with Gasteiger partial charge in [0, 0.05) is 40.9 Å². The molecule has 212 valence electrons. The second-order valence-electron chi connectivity index (χ2n) is 11.7. The van der Waals surface area contributed by atoms with Gasteiger partial charge in [-0.15, -0.1) is 0 Å². The molecule has 1 fully saturated rings. The van der Waals surface area contributed by atoms with Gasteiger partial charge in [0.05, 0.1) is 40.4 Å². The van der Waals surface area contributed by atoms with Crippen molar-refractivity contribution in [2.75, 3.05) is 0 Å². The van der Waals surface area contributed by atoms with Crippen molar-refractivity contribution in [2.24, 2.45) is 26.8 Å². The Morgan fingerprint density at radius 2 is 1.68 bits per heavy atom. The van der Waals surface area contributed by atoms with Crippen LogP contribution in [0.25, 0.3) is 12.2 Å². The summed E-state index contributed by atoms with van der Waals surface area (Å²) < 4.78 is 0. The third-order valence-corrected chi connectivity index (χ3v) is 9.60. The lowest BCUT2D eigenvalue weighted by Gasteiger charge is -2.19. The molecule has 0 spiro atoms. The van der Waals surface area contributed by atoms with Gasteiger partial charge < -0.3 is 15.2 Å². The highest BCUT2D eigenvalue weighted by atomic mass is 16.4. The van der Waals surface area contributed by atoms with E-state index >= 15 is 0 Å². The van der Waals surface area contributed by atoms with Crippen LogP contribution < -0.4 is 0 Å². The zero-order valence-corrected chi connectivity index (χ0v) is 24.8. The molecule has 1 aromatic heterocycles. The summed E-state index contributed by atoms with van der Waals surface area (Å²) in [4.78, 5) is 30.8. The summed E-state index contributed by atoms with van der Waals surface area (Å²) in [5, 5.41) is 20.2. The molecule has 5 heterocycles. The van der Waals surface area contributed by atoms with Crippen molar-refractivity contribution in [2.45, 2.75) is 80.1 Å². The molecule has 0 unspecified atom stereocenters. The number of aliphatic hydroxyl groups is 1. The van der Waals surface area contributed by atoms with Crippen LogP contribution in [0.4, 0.5) is 0 Å². The first-order valence-electron chi connectivity index (χ1n) is 14.8. The number of aromatic nitrogens is 1. The summed E-state index contributed by atoms with van der Waals surface area (Å²) in [7, 11) is 0. The van der Waals surface area contributed by atoms with Gasteiger partial charge in [0.2, 0.25) is 0 Å². The Labute approximate surface area is 241 Å². The van der Waals surface area contributed by atoms with Crippen LogP contribution in [0.3, 0.4) is 0 Å². The number of rotatable bonds is 5. The summed E-state index contributed by atoms with van der Waals surface area (Å²) in [6, 6.07) is 0. The molecule has 1 aliphatic carbocycles. The quantitative estimate of drug-likeness (QED) is 0.328. The highest BCUT2D eigenvalue weighted by Gasteiger charge is 2.41. The van der Waals surface area contributed by atoms with Gasteiger partial charge >= 0.3 is 5.97 Å². The smallest absolute Gasteiger partial charge is 0.303 e. The molecule has 3 N–H and O–H groups in total. The van der Waals surface area contributed by atoms with Crippen LogP contribution in [0.1, 0.15) is 89.2 Å². The Bertz CT molecular complexity index is 1680. The minimum atomic E-state index is -0.814. The fourth-order valence-corrected chi connectivity index (χ4v) is 7.28. The maximum Gasteiger partial charge on any atom is 0.303 e. The van der Waals surface area contributed by atoms with Crippen molar-refractivity contribution in [3.05, 3.63) is 79.3 Å². The average Bonchev–Trinajstić information content (AvgIpc) is 3.71. The Hall–Kier alpha value is -4.00. The number of nitrogens with one attached hydrogen (secondary N) is 1. The molecule has 0 amide bonds. The lowest BCUT2D eigenvalue weighted by molar-refractivity contribution is -0.137. The Balaban J connectivity index is 1.65. The van der Waals surface area contributed by atoms with Gasteiger partial charge in [0.1, 0.15) is 0 Å². The van der Waals surface area contributed by atoms with E-state index in [0.29, 0.717) is 12.0 Å². The SMILES string of the molecule is CCC1=C(C)C2=NC1=Cc1[nH]c(c(CC)c1C)C=C1N=C3C(=C1C)CCC3=C1N=C(/C2=C\O)[C@@H](C)[C@@H]1CCC(=O)O. The predicted molar refractivity (Wildman–Crippen MR) is 165 cm³/mol. The van der Waals surface area contributed by atoms with E-state index in [9.17, 15) is 15.0 Å². The Morgan fingerprint density at radius 1 is 0.976 bits per heavy atom. The highest BCUT2D eigenvalue weighted by molar-refractivity contribution is 6.32. The van der Waals surface area contributed by atoms with Gasteiger partial charge in [-0.05, 0) is 98.4 Å². The number of aliphatic imine (C=N–C) groups is 3. The topological polar surface area (TPSA) is 110 Å². The van der Waals surface area contributed by atoms with E-state index in [2.05, 4.69) is 58.7 Å². The standard InChI is InChI=1S/C34H38N4O3/c1-7-20-16(3)26-13-29-21(8-2)18(5)31(37-29)25(15-39)32-19(6)23(11-12-30(40)41)34(38-32)24-10-9-22-17(4)27(36-33(22)24)14-28(20)35-26/h13-15,19,23,35,39H,7-12H2,1-6H3,(H,40,41)/b25-15-,27-14?,29-13?,34-24?/t19-,23-/m0/s1. The van der Waals surface area contributed by atoms with Crippen molar-refractivity contribution in [1.82, 2.24) is 4.98 Å². The van der Waals surface area contributed by atoms with Crippen LogP contribution in [0.5, 0.6) is 0 Å². The van der Waals surface area contributed by atoms with Crippen molar-refractivity contribution in [3.63, 3.8) is 0 Å². The number of carboxylic acids is 1. The summed E-state index contributed by atoms with van der Waals surface area (Å²) in [6.07, 6.45) is 9.43. The molecule has 8 bridgehead atoms. The van der Waals surface area contributed by atoms with E-state index in [4.69, 9.17) is 15.0 Å². The molecule has 0 radical (unpaired) electrons. The van der Waals surface area contributed by atoms with Gasteiger partial charge in [-0.3, -0.25) is 9.79 Å². The molecule has 7 heteroatoms. The van der Waals surface area contributed by atoms with Crippen molar-refractivity contribution >= 4 is 35.3 Å². The van der Waals surface area contributed by atoms with Gasteiger partial charge in [-0.2, -0.15) is 0 Å². The van der Waals surface area contributed by atoms with E-state index in [-0.39, 0.29) is 18.3 Å². The molecule has 1 aromatic rings. The molecule has 4 aliphatic heterocycles. The largest absolute Gasteiger partial charge is 0.515 e. The summed E-state index contributed by atoms with van der Waals surface area (Å²) in [5.41, 5.74) is 16.2. The van der Waals surface area contributed by atoms with E-state index < -0.39 is 5.97 Å². The lowest BCUT2D eigenvalue weighted by atomic mass is 9.82. The number of hydrogen-bond acceptors (Lipinski definition) is 5. The maximum absolute atomic E-state index is 11.6. The van der Waals surface area contributed by atoms with Crippen molar-refractivity contribution < 1.29 is 15.0 Å². The number of fused-ring (bicyclic) bond motifs is 5. The minimum Gasteiger partial charge on any atom is -0.515 e. The van der Waals surface area contributed by atoms with Crippen LogP contribution in [0, 0.1) is 18.8 Å². The van der Waals surface area contributed by atoms with E-state index in [1.54, 1.807) is 0 Å². The van der Waals surface area contributed by atoms with E-state index in [1.807, 2.05) is 0 Å². The second kappa shape index (κ2) is 10.1. The molecule has 6 rings (SSSR count). The van der Waals surface area contributed by atoms with Gasteiger partial charge in [0.15, 0.2) is 0 Å². The fourth-order valence-electron chi connectivity index (χ4n) is 7.28. The molecular formula is C34H38N4O3. The van der Waals surface area contributed by atoms with Crippen LogP contribution in [-0.2, 0) is 11.2 Å². The molecule has 41 heavy (non-hydrogen) atoms. The molecular weight excluding hydrogens is 512 g/mol. The maximum atomic E-state index is 11.6. The Morgan fingerprint density at radius 3 is 2.37 bits per heavy atom. The normalized spacial score (nSPS) is 24.3. The first-order valence-corrected chi connectivity index (χ1v) is 14.8. The number of aliphatic hydroxyl groups excluding tert-OH is 1. The van der Waals surface area contributed by atoms with Crippen LogP contribution in [0.15, 0.2) is 71.8 Å². The Kier molecular flexibility index (Phi) is 6.71. The number of nitrogens with zero attached hydrogens (tertiary/aromatic N) is 3. The van der Waals surface area contributed by atoms with E-state index in [0.717, 1.165) is 94.3 Å². The molecule has 5 aliphatic rings. The zero-order valence-electron chi connectivity index (χ0n) is 24.8. The number of aromatic amines is 1. The van der Waals surface area contributed by atoms with Crippen LogP contribution in [-0.4, -0.2) is 38.3 Å². The predicted octanol–water partition coefficient (Wildman–Crippen LogP) is 7.59. The van der Waals surface area contributed by atoms with Crippen LogP contribution >= 0.6 is 0 Å². The van der Waals surface area contributed by atoms with Gasteiger partial charge in [-0.1, -0.05) is 20.8 Å². The number of aliphatic carboxylic acids is 1. The molecule has 1 saturated carbocycles. The minimum absolute atomic E-state index is 0.0624. The number of H-pyrrole nitrogens is 1. The van der Waals surface area contributed by atoms with E-state index in [1.165, 1.54) is 22.3 Å². The molecule has 0 saturated heterocycles. The van der Waals surface area contributed by atoms with Gasteiger partial charge in [-0.25, -0.2) is 9.98 Å².